The summed E-state index contributed by atoms with van der Waals surface area (Å²) in [7, 11) is 0. The van der Waals surface area contributed by atoms with Crippen molar-refractivity contribution in [2.24, 2.45) is 0 Å². The molecule has 0 aliphatic heterocycles. The molecule has 2 aromatic heterocycles. The zero-order valence-corrected chi connectivity index (χ0v) is 11.5. The van der Waals surface area contributed by atoms with E-state index in [2.05, 4.69) is 45.0 Å². The molecule has 90 valence electrons. The molecule has 0 saturated carbocycles. The minimum absolute atomic E-state index is 0.678. The number of nitrogens with one attached hydrogen (secondary N) is 1. The average Bonchev–Trinajstić information content (AvgIpc) is 2.66. The fourth-order valence-electron chi connectivity index (χ4n) is 2.18. The summed E-state index contributed by atoms with van der Waals surface area (Å²) in [4.78, 5) is 7.78. The Labute approximate surface area is 113 Å². The smallest absolute Gasteiger partial charge is 0.0727 e. The quantitative estimate of drug-likeness (QED) is 0.716. The van der Waals surface area contributed by atoms with E-state index in [9.17, 15) is 0 Å². The van der Waals surface area contributed by atoms with E-state index in [1.165, 1.54) is 5.39 Å². The summed E-state index contributed by atoms with van der Waals surface area (Å²) >= 11 is 3.51. The summed E-state index contributed by atoms with van der Waals surface area (Å²) in [6.45, 7) is 2.06. The van der Waals surface area contributed by atoms with E-state index in [0.29, 0.717) is 5.69 Å². The van der Waals surface area contributed by atoms with Crippen LogP contribution in [-0.4, -0.2) is 9.97 Å². The number of aromatic amines is 1. The average molecular weight is 302 g/mol. The molecule has 18 heavy (non-hydrogen) atoms. The summed E-state index contributed by atoms with van der Waals surface area (Å²) < 4.78 is 1.06. The summed E-state index contributed by atoms with van der Waals surface area (Å²) in [5.74, 6) is 0. The number of aryl methyl sites for hydroxylation is 1. The zero-order chi connectivity index (χ0) is 12.7. The molecule has 2 heterocycles. The number of nitrogens with two attached hydrogens (primary N) is 1. The number of aromatic nitrogens is 2. The Kier molecular flexibility index (Phi) is 2.59. The number of hydrogen-bond donors (Lipinski definition) is 2. The number of anilines is 1. The number of H-pyrrole nitrogens is 1. The van der Waals surface area contributed by atoms with Crippen molar-refractivity contribution in [3.05, 3.63) is 46.7 Å². The summed E-state index contributed by atoms with van der Waals surface area (Å²) in [6.07, 6.45) is 1.69. The fraction of sp³-hybridized carbons (Fsp3) is 0.0714. The van der Waals surface area contributed by atoms with Crippen molar-refractivity contribution in [3.8, 4) is 11.3 Å². The molecule has 0 aliphatic carbocycles. The number of halogens is 1. The second kappa shape index (κ2) is 4.14. The SMILES string of the molecule is Cc1[nH]c2ccc(Br)cc2c1-c1ccc(N)cn1. The van der Waals surface area contributed by atoms with Gasteiger partial charge < -0.3 is 10.7 Å². The summed E-state index contributed by atoms with van der Waals surface area (Å²) in [5.41, 5.74) is 10.6. The van der Waals surface area contributed by atoms with Crippen LogP contribution in [0.3, 0.4) is 0 Å². The number of nitrogens with zero attached hydrogens (tertiary/aromatic N) is 1. The van der Waals surface area contributed by atoms with Crippen molar-refractivity contribution in [2.45, 2.75) is 6.92 Å². The normalized spacial score (nSPS) is 11.0. The molecule has 0 amide bonds. The molecule has 0 aliphatic rings. The Morgan fingerprint density at radius 2 is 2.06 bits per heavy atom. The molecule has 0 fully saturated rings. The van der Waals surface area contributed by atoms with Crippen LogP contribution < -0.4 is 5.73 Å². The van der Waals surface area contributed by atoms with Crippen molar-refractivity contribution in [2.75, 3.05) is 5.73 Å². The van der Waals surface area contributed by atoms with Crippen LogP contribution in [0.1, 0.15) is 5.69 Å². The fourth-order valence-corrected chi connectivity index (χ4v) is 2.54. The topological polar surface area (TPSA) is 54.7 Å². The third-order valence-corrected chi connectivity index (χ3v) is 3.48. The van der Waals surface area contributed by atoms with Gasteiger partial charge in [0.25, 0.3) is 0 Å². The minimum atomic E-state index is 0.678. The maximum Gasteiger partial charge on any atom is 0.0727 e. The Hall–Kier alpha value is -1.81. The second-order valence-electron chi connectivity index (χ2n) is 4.29. The Balaban J connectivity index is 2.30. The third-order valence-electron chi connectivity index (χ3n) is 2.99. The molecule has 3 N–H and O–H groups in total. The van der Waals surface area contributed by atoms with E-state index < -0.39 is 0 Å². The van der Waals surface area contributed by atoms with Gasteiger partial charge in [-0.05, 0) is 37.3 Å². The van der Waals surface area contributed by atoms with Gasteiger partial charge in [0.2, 0.25) is 0 Å². The van der Waals surface area contributed by atoms with E-state index in [4.69, 9.17) is 5.73 Å². The van der Waals surface area contributed by atoms with E-state index in [-0.39, 0.29) is 0 Å². The van der Waals surface area contributed by atoms with Crippen molar-refractivity contribution in [3.63, 3.8) is 0 Å². The predicted octanol–water partition coefficient (Wildman–Crippen LogP) is 3.88. The minimum Gasteiger partial charge on any atom is -0.397 e. The van der Waals surface area contributed by atoms with Gasteiger partial charge in [0.15, 0.2) is 0 Å². The first-order valence-corrected chi connectivity index (χ1v) is 6.44. The monoisotopic (exact) mass is 301 g/mol. The van der Waals surface area contributed by atoms with Crippen LogP contribution in [0.15, 0.2) is 41.0 Å². The highest BCUT2D eigenvalue weighted by molar-refractivity contribution is 9.10. The van der Waals surface area contributed by atoms with Crippen LogP contribution in [0.2, 0.25) is 0 Å². The van der Waals surface area contributed by atoms with E-state index >= 15 is 0 Å². The van der Waals surface area contributed by atoms with Gasteiger partial charge in [0.1, 0.15) is 0 Å². The molecule has 0 atom stereocenters. The lowest BCUT2D eigenvalue weighted by molar-refractivity contribution is 1.27. The molecule has 3 nitrogen and oxygen atoms in total. The number of hydrogen-bond acceptors (Lipinski definition) is 2. The lowest BCUT2D eigenvalue weighted by atomic mass is 10.1. The molecule has 3 rings (SSSR count). The van der Waals surface area contributed by atoms with Crippen molar-refractivity contribution in [1.29, 1.82) is 0 Å². The largest absolute Gasteiger partial charge is 0.397 e. The summed E-state index contributed by atoms with van der Waals surface area (Å²) in [6, 6.07) is 10.0. The van der Waals surface area contributed by atoms with Crippen molar-refractivity contribution < 1.29 is 0 Å². The van der Waals surface area contributed by atoms with Crippen molar-refractivity contribution >= 4 is 32.5 Å². The van der Waals surface area contributed by atoms with Crippen LogP contribution in [0, 0.1) is 6.92 Å². The third kappa shape index (κ3) is 1.78. The highest BCUT2D eigenvalue weighted by atomic mass is 79.9. The van der Waals surface area contributed by atoms with Gasteiger partial charge >= 0.3 is 0 Å². The first kappa shape index (κ1) is 11.3. The van der Waals surface area contributed by atoms with Gasteiger partial charge in [-0.25, -0.2) is 0 Å². The first-order valence-electron chi connectivity index (χ1n) is 5.65. The molecule has 4 heteroatoms. The van der Waals surface area contributed by atoms with Crippen LogP contribution in [0.25, 0.3) is 22.2 Å². The van der Waals surface area contributed by atoms with Gasteiger partial charge in [-0.2, -0.15) is 0 Å². The zero-order valence-electron chi connectivity index (χ0n) is 9.87. The molecule has 0 spiro atoms. The Morgan fingerprint density at radius 1 is 1.22 bits per heavy atom. The highest BCUT2D eigenvalue weighted by Crippen LogP contribution is 2.32. The second-order valence-corrected chi connectivity index (χ2v) is 5.21. The van der Waals surface area contributed by atoms with E-state index in [1.807, 2.05) is 18.2 Å². The van der Waals surface area contributed by atoms with E-state index in [1.54, 1.807) is 6.20 Å². The van der Waals surface area contributed by atoms with Crippen LogP contribution >= 0.6 is 15.9 Å². The highest BCUT2D eigenvalue weighted by Gasteiger charge is 2.11. The molecular weight excluding hydrogens is 290 g/mol. The molecule has 1 aromatic carbocycles. The lowest BCUT2D eigenvalue weighted by Crippen LogP contribution is -1.88. The van der Waals surface area contributed by atoms with Crippen LogP contribution in [-0.2, 0) is 0 Å². The Morgan fingerprint density at radius 3 is 2.78 bits per heavy atom. The number of rotatable bonds is 1. The standard InChI is InChI=1S/C14H12BrN3/c1-8-14(13-5-3-10(16)7-17-13)11-6-9(15)2-4-12(11)18-8/h2-7,18H,16H2,1H3. The number of benzene rings is 1. The maximum atomic E-state index is 5.68. The van der Waals surface area contributed by atoms with Crippen LogP contribution in [0.4, 0.5) is 5.69 Å². The molecule has 0 radical (unpaired) electrons. The van der Waals surface area contributed by atoms with Gasteiger partial charge in [-0.3, -0.25) is 4.98 Å². The summed E-state index contributed by atoms with van der Waals surface area (Å²) in [5, 5.41) is 1.17. The molecule has 0 saturated heterocycles. The number of nitrogen functional groups attached to an aromatic ring is 1. The lowest BCUT2D eigenvalue weighted by Gasteiger charge is -2.02. The van der Waals surface area contributed by atoms with E-state index in [0.717, 1.165) is 26.9 Å². The van der Waals surface area contributed by atoms with Gasteiger partial charge in [-0.1, -0.05) is 15.9 Å². The maximum absolute atomic E-state index is 5.68. The van der Waals surface area contributed by atoms with Crippen molar-refractivity contribution in [1.82, 2.24) is 9.97 Å². The molecular formula is C14H12BrN3. The van der Waals surface area contributed by atoms with Gasteiger partial charge in [0, 0.05) is 26.6 Å². The Bertz CT molecular complexity index is 714. The van der Waals surface area contributed by atoms with Crippen LogP contribution in [0.5, 0.6) is 0 Å². The molecule has 3 aromatic rings. The molecule has 0 unspecified atom stereocenters. The van der Waals surface area contributed by atoms with Gasteiger partial charge in [0.05, 0.1) is 17.6 Å². The molecule has 0 bridgehead atoms. The number of pyridine rings is 1. The number of fused-ring (bicyclic) bond motifs is 1. The van der Waals surface area contributed by atoms with Gasteiger partial charge in [-0.15, -0.1) is 0 Å². The predicted molar refractivity (Wildman–Crippen MR) is 78.4 cm³/mol. The first-order chi connectivity index (χ1) is 8.65.